The van der Waals surface area contributed by atoms with Gasteiger partial charge < -0.3 is 9.64 Å². The van der Waals surface area contributed by atoms with Crippen LogP contribution in [0.25, 0.3) is 0 Å². The van der Waals surface area contributed by atoms with Gasteiger partial charge in [-0.05, 0) is 49.2 Å². The number of anilines is 1. The van der Waals surface area contributed by atoms with Gasteiger partial charge in [0.25, 0.3) is 0 Å². The molecule has 29 heavy (non-hydrogen) atoms. The number of ether oxygens (including phenoxy) is 1. The van der Waals surface area contributed by atoms with Crippen LogP contribution in [0.5, 0.6) is 5.75 Å². The van der Waals surface area contributed by atoms with Crippen LogP contribution >= 0.6 is 11.6 Å². The third-order valence-electron chi connectivity index (χ3n) is 5.96. The second kappa shape index (κ2) is 9.16. The number of hydrogen-bond acceptors (Lipinski definition) is 4. The van der Waals surface area contributed by atoms with E-state index in [9.17, 15) is 4.79 Å². The fourth-order valence-electron chi connectivity index (χ4n) is 4.15. The number of benzene rings is 2. The second-order valence-electron chi connectivity index (χ2n) is 7.72. The minimum atomic E-state index is -0.0892. The first kappa shape index (κ1) is 20.2. The van der Waals surface area contributed by atoms with Crippen LogP contribution in [0.2, 0.25) is 5.02 Å². The van der Waals surface area contributed by atoms with Crippen molar-refractivity contribution in [3.05, 3.63) is 59.1 Å². The Labute approximate surface area is 177 Å². The summed E-state index contributed by atoms with van der Waals surface area (Å²) in [5, 5.41) is 0.717. The van der Waals surface area contributed by atoms with Crippen LogP contribution in [0.3, 0.4) is 0 Å². The lowest BCUT2D eigenvalue weighted by Gasteiger charge is -2.38. The van der Waals surface area contributed by atoms with E-state index in [-0.39, 0.29) is 11.9 Å². The predicted molar refractivity (Wildman–Crippen MR) is 117 cm³/mol. The molecule has 4 rings (SSSR count). The normalized spacial score (nSPS) is 18.5. The molecule has 154 valence electrons. The summed E-state index contributed by atoms with van der Waals surface area (Å²) >= 11 is 5.90. The Hall–Kier alpha value is -2.08. The Kier molecular flexibility index (Phi) is 6.38. The summed E-state index contributed by atoms with van der Waals surface area (Å²) in [6.07, 6.45) is 0.954. The van der Waals surface area contributed by atoms with Crippen molar-refractivity contribution in [2.24, 2.45) is 0 Å². The van der Waals surface area contributed by atoms with Crippen LogP contribution in [0.15, 0.2) is 48.5 Å². The number of para-hydroxylation sites is 1. The molecular formula is C23H28ClN3O2. The molecule has 2 aliphatic heterocycles. The Bertz CT molecular complexity index is 834. The van der Waals surface area contributed by atoms with Crippen molar-refractivity contribution >= 4 is 23.2 Å². The fraction of sp³-hybridized carbons (Fsp3) is 0.435. The molecule has 0 saturated carbocycles. The molecule has 2 aromatic rings. The molecule has 6 heteroatoms. The highest BCUT2D eigenvalue weighted by molar-refractivity contribution is 6.30. The molecule has 0 spiro atoms. The first-order chi connectivity index (χ1) is 14.1. The molecular weight excluding hydrogens is 386 g/mol. The zero-order chi connectivity index (χ0) is 20.2. The smallest absolute Gasteiger partial charge is 0.244 e. The minimum Gasteiger partial charge on any atom is -0.492 e. The van der Waals surface area contributed by atoms with Crippen LogP contribution in [-0.2, 0) is 11.2 Å². The summed E-state index contributed by atoms with van der Waals surface area (Å²) in [6, 6.07) is 15.6. The molecule has 2 aromatic carbocycles. The lowest BCUT2D eigenvalue weighted by atomic mass is 10.1. The van der Waals surface area contributed by atoms with E-state index in [1.54, 1.807) is 0 Å². The third-order valence-corrected chi connectivity index (χ3v) is 6.21. The highest BCUT2D eigenvalue weighted by Gasteiger charge is 2.32. The van der Waals surface area contributed by atoms with Crippen LogP contribution in [0.4, 0.5) is 5.69 Å². The van der Waals surface area contributed by atoms with E-state index in [4.69, 9.17) is 16.3 Å². The van der Waals surface area contributed by atoms with E-state index in [0.717, 1.165) is 62.1 Å². The molecule has 0 radical (unpaired) electrons. The first-order valence-corrected chi connectivity index (χ1v) is 10.7. The van der Waals surface area contributed by atoms with Crippen molar-refractivity contribution < 1.29 is 9.53 Å². The number of hydrogen-bond donors (Lipinski definition) is 0. The van der Waals surface area contributed by atoms with E-state index in [1.165, 1.54) is 5.56 Å². The topological polar surface area (TPSA) is 36.0 Å². The molecule has 0 N–H and O–H groups in total. The van der Waals surface area contributed by atoms with Gasteiger partial charge in [0, 0.05) is 50.0 Å². The van der Waals surface area contributed by atoms with Gasteiger partial charge in [0.15, 0.2) is 0 Å². The van der Waals surface area contributed by atoms with Crippen LogP contribution in [0.1, 0.15) is 12.5 Å². The molecule has 5 nitrogen and oxygen atoms in total. The van der Waals surface area contributed by atoms with Crippen molar-refractivity contribution in [1.29, 1.82) is 0 Å². The summed E-state index contributed by atoms with van der Waals surface area (Å²) in [6.45, 7) is 8.11. The molecule has 0 aromatic heterocycles. The van der Waals surface area contributed by atoms with Crippen molar-refractivity contribution in [1.82, 2.24) is 9.80 Å². The number of halogens is 1. The van der Waals surface area contributed by atoms with Crippen molar-refractivity contribution in [2.45, 2.75) is 19.4 Å². The van der Waals surface area contributed by atoms with Gasteiger partial charge in [-0.25, -0.2) is 0 Å². The maximum absolute atomic E-state index is 13.1. The number of amides is 1. The standard InChI is InChI=1S/C23H28ClN3O2/c1-18(23(28)27-11-10-19-4-2-3-5-22(19)27)26-14-12-25(13-15-26)16-17-29-21-8-6-20(24)7-9-21/h2-9,18H,10-17H2,1H3. The van der Waals surface area contributed by atoms with Crippen molar-refractivity contribution in [2.75, 3.05) is 50.8 Å². The molecule has 0 aliphatic carbocycles. The van der Waals surface area contributed by atoms with Gasteiger partial charge in [0.2, 0.25) is 5.91 Å². The van der Waals surface area contributed by atoms with E-state index in [2.05, 4.69) is 21.9 Å². The lowest BCUT2D eigenvalue weighted by molar-refractivity contribution is -0.123. The number of fused-ring (bicyclic) bond motifs is 1. The number of piperazine rings is 1. The molecule has 1 fully saturated rings. The molecule has 1 saturated heterocycles. The van der Waals surface area contributed by atoms with Gasteiger partial charge >= 0.3 is 0 Å². The van der Waals surface area contributed by atoms with Crippen LogP contribution < -0.4 is 9.64 Å². The van der Waals surface area contributed by atoms with Gasteiger partial charge in [-0.1, -0.05) is 29.8 Å². The van der Waals surface area contributed by atoms with E-state index in [1.807, 2.05) is 48.2 Å². The summed E-state index contributed by atoms with van der Waals surface area (Å²) in [5.74, 6) is 1.06. The minimum absolute atomic E-state index is 0.0892. The van der Waals surface area contributed by atoms with Gasteiger partial charge in [0.05, 0.1) is 6.04 Å². The monoisotopic (exact) mass is 413 g/mol. The Morgan fingerprint density at radius 1 is 1.03 bits per heavy atom. The highest BCUT2D eigenvalue weighted by Crippen LogP contribution is 2.28. The average Bonchev–Trinajstić information content (AvgIpc) is 3.19. The lowest BCUT2D eigenvalue weighted by Crippen LogP contribution is -2.54. The SMILES string of the molecule is CC(C(=O)N1CCc2ccccc21)N1CCN(CCOc2ccc(Cl)cc2)CC1. The number of carbonyl (C=O) groups is 1. The first-order valence-electron chi connectivity index (χ1n) is 10.4. The zero-order valence-electron chi connectivity index (χ0n) is 16.9. The van der Waals surface area contributed by atoms with Gasteiger partial charge in [-0.15, -0.1) is 0 Å². The number of rotatable bonds is 6. The summed E-state index contributed by atoms with van der Waals surface area (Å²) in [5.41, 5.74) is 2.36. The molecule has 1 unspecified atom stereocenters. The predicted octanol–water partition coefficient (Wildman–Crippen LogP) is 3.31. The third kappa shape index (κ3) is 4.74. The maximum atomic E-state index is 13.1. The Morgan fingerprint density at radius 2 is 1.76 bits per heavy atom. The molecule has 2 aliphatic rings. The molecule has 1 amide bonds. The number of nitrogens with zero attached hydrogens (tertiary/aromatic N) is 3. The molecule has 0 bridgehead atoms. The summed E-state index contributed by atoms with van der Waals surface area (Å²) in [7, 11) is 0. The largest absolute Gasteiger partial charge is 0.492 e. The Balaban J connectivity index is 1.23. The highest BCUT2D eigenvalue weighted by atomic mass is 35.5. The average molecular weight is 414 g/mol. The second-order valence-corrected chi connectivity index (χ2v) is 8.16. The Morgan fingerprint density at radius 3 is 2.52 bits per heavy atom. The number of carbonyl (C=O) groups excluding carboxylic acids is 1. The van der Waals surface area contributed by atoms with E-state index < -0.39 is 0 Å². The van der Waals surface area contributed by atoms with Crippen LogP contribution in [-0.4, -0.2) is 67.6 Å². The molecule has 2 heterocycles. The van der Waals surface area contributed by atoms with Gasteiger partial charge in [0.1, 0.15) is 12.4 Å². The maximum Gasteiger partial charge on any atom is 0.244 e. The van der Waals surface area contributed by atoms with Crippen molar-refractivity contribution in [3.63, 3.8) is 0 Å². The fourth-order valence-corrected chi connectivity index (χ4v) is 4.27. The van der Waals surface area contributed by atoms with Crippen molar-refractivity contribution in [3.8, 4) is 5.75 Å². The molecule has 1 atom stereocenters. The van der Waals surface area contributed by atoms with Gasteiger partial charge in [-0.2, -0.15) is 0 Å². The van der Waals surface area contributed by atoms with E-state index >= 15 is 0 Å². The van der Waals surface area contributed by atoms with Gasteiger partial charge in [-0.3, -0.25) is 14.6 Å². The summed E-state index contributed by atoms with van der Waals surface area (Å²) in [4.78, 5) is 19.8. The quantitative estimate of drug-likeness (QED) is 0.727. The van der Waals surface area contributed by atoms with Crippen LogP contribution in [0, 0.1) is 0 Å². The summed E-state index contributed by atoms with van der Waals surface area (Å²) < 4.78 is 5.80. The van der Waals surface area contributed by atoms with E-state index in [0.29, 0.717) is 6.61 Å². The zero-order valence-corrected chi connectivity index (χ0v) is 17.6.